The summed E-state index contributed by atoms with van der Waals surface area (Å²) in [5.74, 6) is -0.529. The van der Waals surface area contributed by atoms with Gasteiger partial charge >= 0.3 is 0 Å². The summed E-state index contributed by atoms with van der Waals surface area (Å²) in [6.07, 6.45) is 8.47. The summed E-state index contributed by atoms with van der Waals surface area (Å²) in [4.78, 5) is 12.7. The van der Waals surface area contributed by atoms with Crippen LogP contribution >= 0.6 is 0 Å². The summed E-state index contributed by atoms with van der Waals surface area (Å²) in [5, 5.41) is 17.0. The molecule has 190 valence electrons. The number of carbonyl (C=O) groups is 1. The van der Waals surface area contributed by atoms with E-state index in [0.717, 1.165) is 31.4 Å². The second-order valence-electron chi connectivity index (χ2n) is 8.73. The molecule has 1 aliphatic rings. The molecule has 9 heteroatoms. The number of nitrogens with one attached hydrogen (secondary N) is 1. The van der Waals surface area contributed by atoms with Crippen LogP contribution in [0.3, 0.4) is 0 Å². The molecule has 0 radical (unpaired) electrons. The minimum Gasteiger partial charge on any atom is -0.348 e. The van der Waals surface area contributed by atoms with Crippen molar-refractivity contribution in [3.8, 4) is 23.0 Å². The molecule has 2 aromatic carbocycles. The number of sulfonamides is 1. The van der Waals surface area contributed by atoms with E-state index in [4.69, 9.17) is 5.10 Å². The Morgan fingerprint density at radius 3 is 2.49 bits per heavy atom. The summed E-state index contributed by atoms with van der Waals surface area (Å²) in [6.45, 7) is 4.82. The van der Waals surface area contributed by atoms with Crippen molar-refractivity contribution >= 4 is 22.0 Å². The number of aromatic nitrogens is 2. The number of hydrogen-bond donors (Lipinski definition) is 1. The number of amides is 1. The maximum absolute atomic E-state index is 13.4. The lowest BCUT2D eigenvalue weighted by atomic mass is 10.1. The summed E-state index contributed by atoms with van der Waals surface area (Å²) in [7, 11) is -3.67. The van der Waals surface area contributed by atoms with E-state index in [1.165, 1.54) is 12.2 Å². The Morgan fingerprint density at radius 2 is 1.81 bits per heavy atom. The second kappa shape index (κ2) is 11.8. The highest BCUT2D eigenvalue weighted by Gasteiger charge is 2.26. The second-order valence-corrected chi connectivity index (χ2v) is 10.7. The smallest absolute Gasteiger partial charge is 0.262 e. The zero-order valence-electron chi connectivity index (χ0n) is 20.5. The number of para-hydroxylation sites is 1. The van der Waals surface area contributed by atoms with Crippen LogP contribution in [0, 0.1) is 11.3 Å². The van der Waals surface area contributed by atoms with Crippen molar-refractivity contribution in [2.45, 2.75) is 30.6 Å². The van der Waals surface area contributed by atoms with Gasteiger partial charge in [-0.1, -0.05) is 49.2 Å². The lowest BCUT2D eigenvalue weighted by molar-refractivity contribution is -0.116. The Morgan fingerprint density at radius 1 is 1.08 bits per heavy atom. The zero-order valence-corrected chi connectivity index (χ0v) is 21.3. The average molecular weight is 516 g/mol. The molecule has 37 heavy (non-hydrogen) atoms. The molecule has 1 aromatic heterocycles. The van der Waals surface area contributed by atoms with Crippen LogP contribution in [0.4, 0.5) is 0 Å². The molecule has 1 N–H and O–H groups in total. The largest absolute Gasteiger partial charge is 0.348 e. The van der Waals surface area contributed by atoms with Gasteiger partial charge in [-0.2, -0.15) is 14.7 Å². The predicted octanol–water partition coefficient (Wildman–Crippen LogP) is 4.31. The highest BCUT2D eigenvalue weighted by molar-refractivity contribution is 7.89. The maximum Gasteiger partial charge on any atom is 0.262 e. The van der Waals surface area contributed by atoms with Gasteiger partial charge in [0.05, 0.1) is 10.6 Å². The van der Waals surface area contributed by atoms with Gasteiger partial charge < -0.3 is 5.32 Å². The standard InChI is InChI=1S/C28H29N5O3S/c1-2-15-30-28(34)23(20-29)18-24-21-33(25-12-6-5-7-13-25)31-27(24)22-11-10-14-26(19-22)37(35,36)32-16-8-3-4-9-17-32/h2,5-7,10-14,18-19,21H,1,3-4,8-9,15-17H2,(H,30,34). The van der Waals surface area contributed by atoms with Crippen molar-refractivity contribution < 1.29 is 13.2 Å². The van der Waals surface area contributed by atoms with Crippen LogP contribution in [0.15, 0.2) is 83.9 Å². The van der Waals surface area contributed by atoms with Crippen molar-refractivity contribution in [3.05, 3.63) is 84.6 Å². The fourth-order valence-corrected chi connectivity index (χ4v) is 5.79. The van der Waals surface area contributed by atoms with Gasteiger partial charge in [0.1, 0.15) is 17.3 Å². The van der Waals surface area contributed by atoms with Crippen LogP contribution in [-0.4, -0.2) is 48.0 Å². The molecule has 0 atom stereocenters. The molecule has 0 aliphatic carbocycles. The molecule has 1 saturated heterocycles. The number of nitrogens with zero attached hydrogens (tertiary/aromatic N) is 4. The molecule has 4 rings (SSSR count). The van der Waals surface area contributed by atoms with Crippen LogP contribution in [0.25, 0.3) is 23.0 Å². The molecule has 2 heterocycles. The molecule has 1 aliphatic heterocycles. The molecule has 0 spiro atoms. The zero-order chi connectivity index (χ0) is 26.3. The summed E-state index contributed by atoms with van der Waals surface area (Å²) < 4.78 is 30.1. The van der Waals surface area contributed by atoms with Gasteiger partial charge in [0.15, 0.2) is 0 Å². The Kier molecular flexibility index (Phi) is 8.33. The maximum atomic E-state index is 13.4. The van der Waals surface area contributed by atoms with Crippen LogP contribution in [0.5, 0.6) is 0 Å². The molecule has 1 amide bonds. The highest BCUT2D eigenvalue weighted by atomic mass is 32.2. The predicted molar refractivity (Wildman–Crippen MR) is 143 cm³/mol. The summed E-state index contributed by atoms with van der Waals surface area (Å²) >= 11 is 0. The molecule has 0 bridgehead atoms. The normalized spacial score (nSPS) is 14.9. The van der Waals surface area contributed by atoms with Crippen LogP contribution < -0.4 is 5.32 Å². The van der Waals surface area contributed by atoms with Crippen molar-refractivity contribution in [2.24, 2.45) is 0 Å². The third-order valence-corrected chi connectivity index (χ3v) is 8.04. The number of nitriles is 1. The fraction of sp³-hybridized carbons (Fsp3) is 0.250. The molecular weight excluding hydrogens is 486 g/mol. The van der Waals surface area contributed by atoms with Gasteiger partial charge in [-0.15, -0.1) is 6.58 Å². The van der Waals surface area contributed by atoms with E-state index in [1.54, 1.807) is 39.4 Å². The third-order valence-electron chi connectivity index (χ3n) is 6.15. The van der Waals surface area contributed by atoms with Gasteiger partial charge in [0.2, 0.25) is 10.0 Å². The van der Waals surface area contributed by atoms with Crippen molar-refractivity contribution in [2.75, 3.05) is 19.6 Å². The number of hydrogen-bond acceptors (Lipinski definition) is 5. The van der Waals surface area contributed by atoms with Gasteiger partial charge in [-0.3, -0.25) is 4.79 Å². The van der Waals surface area contributed by atoms with Crippen LogP contribution in [0.2, 0.25) is 0 Å². The monoisotopic (exact) mass is 515 g/mol. The van der Waals surface area contributed by atoms with Gasteiger partial charge in [0, 0.05) is 37.0 Å². The topological polar surface area (TPSA) is 108 Å². The first kappa shape index (κ1) is 26.1. The Labute approximate surface area is 217 Å². The molecule has 8 nitrogen and oxygen atoms in total. The number of benzene rings is 2. The molecule has 0 saturated carbocycles. The van der Waals surface area contributed by atoms with E-state index in [-0.39, 0.29) is 17.0 Å². The lowest BCUT2D eigenvalue weighted by Crippen LogP contribution is -2.31. The van der Waals surface area contributed by atoms with Gasteiger partial charge in [-0.25, -0.2) is 13.1 Å². The fourth-order valence-electron chi connectivity index (χ4n) is 4.23. The Hall–Kier alpha value is -4.00. The number of rotatable bonds is 8. The van der Waals surface area contributed by atoms with E-state index in [1.807, 2.05) is 36.4 Å². The average Bonchev–Trinajstić information content (AvgIpc) is 3.14. The lowest BCUT2D eigenvalue weighted by Gasteiger charge is -2.20. The van der Waals surface area contributed by atoms with Gasteiger partial charge in [-0.05, 0) is 43.2 Å². The van der Waals surface area contributed by atoms with Crippen molar-refractivity contribution in [1.82, 2.24) is 19.4 Å². The summed E-state index contributed by atoms with van der Waals surface area (Å²) in [6, 6.07) is 18.0. The first-order valence-electron chi connectivity index (χ1n) is 12.2. The molecule has 3 aromatic rings. The minimum absolute atomic E-state index is 0.0935. The third kappa shape index (κ3) is 6.05. The quantitative estimate of drug-likeness (QED) is 0.273. The van der Waals surface area contributed by atoms with E-state index in [2.05, 4.69) is 11.9 Å². The Balaban J connectivity index is 1.79. The van der Waals surface area contributed by atoms with Crippen molar-refractivity contribution in [3.63, 3.8) is 0 Å². The minimum atomic E-state index is -3.67. The molecular formula is C28H29N5O3S. The first-order chi connectivity index (χ1) is 17.9. The van der Waals surface area contributed by atoms with E-state index >= 15 is 0 Å². The van der Waals surface area contributed by atoms with E-state index in [9.17, 15) is 18.5 Å². The van der Waals surface area contributed by atoms with Crippen molar-refractivity contribution in [1.29, 1.82) is 5.26 Å². The molecule has 0 unspecified atom stereocenters. The Bertz CT molecular complexity index is 1440. The first-order valence-corrected chi connectivity index (χ1v) is 13.6. The van der Waals surface area contributed by atoms with Gasteiger partial charge in [0.25, 0.3) is 5.91 Å². The SMILES string of the molecule is C=CCNC(=O)C(C#N)=Cc1cn(-c2ccccc2)nc1-c1cccc(S(=O)(=O)N2CCCCCC2)c1. The van der Waals surface area contributed by atoms with E-state index < -0.39 is 15.9 Å². The number of carbonyl (C=O) groups excluding carboxylic acids is 1. The molecule has 1 fully saturated rings. The van der Waals surface area contributed by atoms with Crippen LogP contribution in [-0.2, 0) is 14.8 Å². The van der Waals surface area contributed by atoms with E-state index in [0.29, 0.717) is 29.9 Å². The van der Waals surface area contributed by atoms with Crippen LogP contribution in [0.1, 0.15) is 31.2 Å². The summed E-state index contributed by atoms with van der Waals surface area (Å²) in [5.41, 5.74) is 2.23. The highest BCUT2D eigenvalue weighted by Crippen LogP contribution is 2.29.